The molecular weight excluding hydrogens is 290 g/mol. The number of nitrogens with zero attached hydrogens (tertiary/aromatic N) is 5. The highest BCUT2D eigenvalue weighted by Gasteiger charge is 2.10. The summed E-state index contributed by atoms with van der Waals surface area (Å²) in [7, 11) is 0. The van der Waals surface area contributed by atoms with Gasteiger partial charge in [-0.15, -0.1) is 5.10 Å². The molecule has 114 valence electrons. The van der Waals surface area contributed by atoms with Gasteiger partial charge in [0.2, 0.25) is 0 Å². The van der Waals surface area contributed by atoms with Gasteiger partial charge in [-0.2, -0.15) is 5.26 Å². The summed E-state index contributed by atoms with van der Waals surface area (Å²) in [5, 5.41) is 17.6. The first kappa shape index (κ1) is 14.7. The van der Waals surface area contributed by atoms with Gasteiger partial charge < -0.3 is 4.74 Å². The largest absolute Gasteiger partial charge is 0.490 e. The lowest BCUT2D eigenvalue weighted by atomic mass is 10.2. The molecule has 6 heteroatoms. The SMILES string of the molecule is CC(C)Oc1ccc(-n2cc(-c3ccncc3)nn2)cc1C#N. The number of ether oxygens (including phenoxy) is 1. The van der Waals surface area contributed by atoms with E-state index in [0.717, 1.165) is 16.9 Å². The Morgan fingerprint density at radius 3 is 2.65 bits per heavy atom. The molecule has 6 nitrogen and oxygen atoms in total. The summed E-state index contributed by atoms with van der Waals surface area (Å²) >= 11 is 0. The van der Waals surface area contributed by atoms with E-state index in [9.17, 15) is 5.26 Å². The van der Waals surface area contributed by atoms with E-state index in [-0.39, 0.29) is 6.10 Å². The summed E-state index contributed by atoms with van der Waals surface area (Å²) < 4.78 is 7.26. The van der Waals surface area contributed by atoms with E-state index in [2.05, 4.69) is 21.4 Å². The molecule has 0 saturated carbocycles. The lowest BCUT2D eigenvalue weighted by Crippen LogP contribution is -2.07. The van der Waals surface area contributed by atoms with E-state index in [1.54, 1.807) is 29.2 Å². The molecule has 0 fully saturated rings. The first-order valence-electron chi connectivity index (χ1n) is 7.21. The van der Waals surface area contributed by atoms with Crippen molar-refractivity contribution < 1.29 is 4.74 Å². The second-order valence-corrected chi connectivity index (χ2v) is 5.24. The van der Waals surface area contributed by atoms with E-state index in [1.807, 2.05) is 38.2 Å². The molecule has 0 aliphatic heterocycles. The first-order valence-corrected chi connectivity index (χ1v) is 7.21. The molecule has 2 heterocycles. The molecule has 3 aromatic rings. The molecule has 0 radical (unpaired) electrons. The van der Waals surface area contributed by atoms with Crippen molar-refractivity contribution in [2.24, 2.45) is 0 Å². The molecule has 0 aliphatic rings. The van der Waals surface area contributed by atoms with Gasteiger partial charge in [-0.3, -0.25) is 4.98 Å². The molecule has 0 saturated heterocycles. The first-order chi connectivity index (χ1) is 11.2. The number of aromatic nitrogens is 4. The maximum Gasteiger partial charge on any atom is 0.137 e. The summed E-state index contributed by atoms with van der Waals surface area (Å²) in [6, 6.07) is 11.3. The second-order valence-electron chi connectivity index (χ2n) is 5.24. The fourth-order valence-corrected chi connectivity index (χ4v) is 2.15. The predicted molar refractivity (Wildman–Crippen MR) is 85.1 cm³/mol. The van der Waals surface area contributed by atoms with Crippen LogP contribution in [-0.4, -0.2) is 26.1 Å². The van der Waals surface area contributed by atoms with Gasteiger partial charge in [0.05, 0.1) is 23.6 Å². The Kier molecular flexibility index (Phi) is 4.02. The molecule has 0 atom stereocenters. The van der Waals surface area contributed by atoms with E-state index in [0.29, 0.717) is 11.3 Å². The minimum atomic E-state index is 0.0117. The zero-order valence-electron chi connectivity index (χ0n) is 12.8. The number of rotatable bonds is 4. The highest BCUT2D eigenvalue weighted by molar-refractivity contribution is 5.57. The fraction of sp³-hybridized carbons (Fsp3) is 0.176. The fourth-order valence-electron chi connectivity index (χ4n) is 2.15. The van der Waals surface area contributed by atoms with Gasteiger partial charge in [0.25, 0.3) is 0 Å². The van der Waals surface area contributed by atoms with Crippen LogP contribution in [0.1, 0.15) is 19.4 Å². The van der Waals surface area contributed by atoms with Gasteiger partial charge >= 0.3 is 0 Å². The van der Waals surface area contributed by atoms with E-state index in [1.165, 1.54) is 0 Å². The van der Waals surface area contributed by atoms with Gasteiger partial charge in [-0.25, -0.2) is 4.68 Å². The van der Waals surface area contributed by atoms with Crippen LogP contribution in [-0.2, 0) is 0 Å². The zero-order valence-corrected chi connectivity index (χ0v) is 12.8. The monoisotopic (exact) mass is 305 g/mol. The molecule has 23 heavy (non-hydrogen) atoms. The molecule has 0 spiro atoms. The smallest absolute Gasteiger partial charge is 0.137 e. The Balaban J connectivity index is 1.94. The minimum Gasteiger partial charge on any atom is -0.490 e. The quantitative estimate of drug-likeness (QED) is 0.740. The van der Waals surface area contributed by atoms with Crippen LogP contribution in [0.15, 0.2) is 48.9 Å². The molecule has 2 aromatic heterocycles. The van der Waals surface area contributed by atoms with Crippen LogP contribution < -0.4 is 4.74 Å². The van der Waals surface area contributed by atoms with Crippen LogP contribution in [0.5, 0.6) is 5.75 Å². The molecule has 0 aliphatic carbocycles. The Hall–Kier alpha value is -3.20. The van der Waals surface area contributed by atoms with Crippen LogP contribution in [0, 0.1) is 11.3 Å². The molecule has 0 N–H and O–H groups in total. The number of nitriles is 1. The summed E-state index contributed by atoms with van der Waals surface area (Å²) in [6.07, 6.45) is 5.24. The average Bonchev–Trinajstić information content (AvgIpc) is 3.05. The molecule has 0 bridgehead atoms. The van der Waals surface area contributed by atoms with Crippen LogP contribution in [0.25, 0.3) is 16.9 Å². The molecule has 3 rings (SSSR count). The van der Waals surface area contributed by atoms with Gasteiger partial charge in [0.15, 0.2) is 0 Å². The summed E-state index contributed by atoms with van der Waals surface area (Å²) in [5.74, 6) is 0.570. The van der Waals surface area contributed by atoms with Crippen molar-refractivity contribution in [3.05, 3.63) is 54.5 Å². The third kappa shape index (κ3) is 3.19. The summed E-state index contributed by atoms with van der Waals surface area (Å²) in [4.78, 5) is 3.99. The number of benzene rings is 1. The van der Waals surface area contributed by atoms with Crippen molar-refractivity contribution in [1.82, 2.24) is 20.0 Å². The van der Waals surface area contributed by atoms with Crippen LogP contribution in [0.3, 0.4) is 0 Å². The molecule has 1 aromatic carbocycles. The van der Waals surface area contributed by atoms with E-state index in [4.69, 9.17) is 4.74 Å². The standard InChI is InChI=1S/C17H15N5O/c1-12(2)23-17-4-3-15(9-14(17)10-18)22-11-16(20-21-22)13-5-7-19-8-6-13/h3-9,11-12H,1-2H3. The van der Waals surface area contributed by atoms with E-state index >= 15 is 0 Å². The van der Waals surface area contributed by atoms with Crippen molar-refractivity contribution >= 4 is 0 Å². The van der Waals surface area contributed by atoms with Crippen molar-refractivity contribution in [1.29, 1.82) is 5.26 Å². The zero-order chi connectivity index (χ0) is 16.2. The second kappa shape index (κ2) is 6.28. The molecule has 0 amide bonds. The summed E-state index contributed by atoms with van der Waals surface area (Å²) in [5.41, 5.74) is 2.91. The Labute approximate surface area is 134 Å². The molecular formula is C17H15N5O. The van der Waals surface area contributed by atoms with Crippen molar-refractivity contribution in [3.8, 4) is 28.8 Å². The van der Waals surface area contributed by atoms with Gasteiger partial charge in [0.1, 0.15) is 17.5 Å². The van der Waals surface area contributed by atoms with Crippen molar-refractivity contribution in [3.63, 3.8) is 0 Å². The van der Waals surface area contributed by atoms with Gasteiger partial charge in [-0.1, -0.05) is 5.21 Å². The normalized spacial score (nSPS) is 10.5. The summed E-state index contributed by atoms with van der Waals surface area (Å²) in [6.45, 7) is 3.85. The predicted octanol–water partition coefficient (Wildman–Crippen LogP) is 2.99. The van der Waals surface area contributed by atoms with Crippen LogP contribution in [0.2, 0.25) is 0 Å². The Morgan fingerprint density at radius 1 is 1.17 bits per heavy atom. The maximum atomic E-state index is 9.30. The van der Waals surface area contributed by atoms with Gasteiger partial charge in [0, 0.05) is 18.0 Å². The van der Waals surface area contributed by atoms with Crippen molar-refractivity contribution in [2.45, 2.75) is 20.0 Å². The Morgan fingerprint density at radius 2 is 1.96 bits per heavy atom. The average molecular weight is 305 g/mol. The number of pyridine rings is 1. The van der Waals surface area contributed by atoms with Crippen LogP contribution in [0.4, 0.5) is 0 Å². The maximum absolute atomic E-state index is 9.30. The highest BCUT2D eigenvalue weighted by Crippen LogP contribution is 2.23. The lowest BCUT2D eigenvalue weighted by Gasteiger charge is -2.11. The Bertz CT molecular complexity index is 849. The number of hydrogen-bond donors (Lipinski definition) is 0. The molecule has 0 unspecified atom stereocenters. The highest BCUT2D eigenvalue weighted by atomic mass is 16.5. The van der Waals surface area contributed by atoms with Gasteiger partial charge in [-0.05, 0) is 44.2 Å². The minimum absolute atomic E-state index is 0.0117. The third-order valence-corrected chi connectivity index (χ3v) is 3.18. The lowest BCUT2D eigenvalue weighted by molar-refractivity contribution is 0.241. The van der Waals surface area contributed by atoms with Crippen LogP contribution >= 0.6 is 0 Å². The van der Waals surface area contributed by atoms with Crippen molar-refractivity contribution in [2.75, 3.05) is 0 Å². The van der Waals surface area contributed by atoms with E-state index < -0.39 is 0 Å². The third-order valence-electron chi connectivity index (χ3n) is 3.18. The topological polar surface area (TPSA) is 76.6 Å². The number of hydrogen-bond acceptors (Lipinski definition) is 5.